The van der Waals surface area contributed by atoms with Gasteiger partial charge in [0.1, 0.15) is 6.04 Å². The SMILES string of the molecule is C[n+]1cc(-c2ccc(CCC(ONC(C(=O)N[C@@H]3C(=O)N(OS(=O)(=O)O)C3(C)C)c3csc(N)n3)C(=O)O)cc2)cn1CCCN. The summed E-state index contributed by atoms with van der Waals surface area (Å²) < 4.78 is 39.5. The fraction of sp³-hybridized carbons (Fsp3) is 0.444. The van der Waals surface area contributed by atoms with Crippen molar-refractivity contribution >= 4 is 44.7 Å². The summed E-state index contributed by atoms with van der Waals surface area (Å²) in [6.45, 7) is 4.20. The van der Waals surface area contributed by atoms with E-state index in [1.807, 2.05) is 48.4 Å². The fourth-order valence-electron chi connectivity index (χ4n) is 4.86. The Labute approximate surface area is 268 Å². The molecule has 250 valence electrons. The van der Waals surface area contributed by atoms with E-state index in [0.717, 1.165) is 41.0 Å². The lowest BCUT2D eigenvalue weighted by atomic mass is 9.84. The summed E-state index contributed by atoms with van der Waals surface area (Å²) in [6, 6.07) is 5.05. The monoisotopic (exact) mass is 681 g/mol. The van der Waals surface area contributed by atoms with Crippen LogP contribution in [0.4, 0.5) is 5.13 Å². The summed E-state index contributed by atoms with van der Waals surface area (Å²) in [5.74, 6) is -3.06. The van der Waals surface area contributed by atoms with Gasteiger partial charge in [-0.15, -0.1) is 20.3 Å². The number of rotatable bonds is 16. The smallest absolute Gasteiger partial charge is 0.418 e. The van der Waals surface area contributed by atoms with Crippen molar-refractivity contribution in [2.24, 2.45) is 12.8 Å². The second-order valence-corrected chi connectivity index (χ2v) is 13.1. The first-order chi connectivity index (χ1) is 21.6. The summed E-state index contributed by atoms with van der Waals surface area (Å²) in [6.07, 6.45) is 3.94. The van der Waals surface area contributed by atoms with Crippen molar-refractivity contribution in [3.8, 4) is 11.1 Å². The number of hydroxylamine groups is 3. The highest BCUT2D eigenvalue weighted by molar-refractivity contribution is 7.80. The molecule has 17 nitrogen and oxygen atoms in total. The molecule has 1 saturated heterocycles. The number of thiazole rings is 1. The first kappa shape index (κ1) is 34.9. The van der Waals surface area contributed by atoms with Crippen LogP contribution in [-0.4, -0.2) is 74.8 Å². The lowest BCUT2D eigenvalue weighted by Crippen LogP contribution is -2.76. The predicted molar refractivity (Wildman–Crippen MR) is 163 cm³/mol. The number of hydrogen-bond donors (Lipinski definition) is 6. The molecule has 19 heteroatoms. The Balaban J connectivity index is 1.39. The lowest BCUT2D eigenvalue weighted by molar-refractivity contribution is -0.753. The van der Waals surface area contributed by atoms with Crippen LogP contribution in [0.3, 0.4) is 0 Å². The predicted octanol–water partition coefficient (Wildman–Crippen LogP) is -0.145. The average molecular weight is 682 g/mol. The highest BCUT2D eigenvalue weighted by Crippen LogP contribution is 2.33. The van der Waals surface area contributed by atoms with E-state index in [1.54, 1.807) is 0 Å². The minimum Gasteiger partial charge on any atom is -0.479 e. The number of nitrogen functional groups attached to an aromatic ring is 1. The molecule has 0 saturated carbocycles. The number of aryl methyl sites for hydroxylation is 3. The van der Waals surface area contributed by atoms with Crippen LogP contribution in [0.1, 0.15) is 44.0 Å². The molecule has 3 heterocycles. The number of carboxylic acids is 1. The van der Waals surface area contributed by atoms with E-state index < -0.39 is 51.9 Å². The fourth-order valence-corrected chi connectivity index (χ4v) is 5.90. The zero-order chi connectivity index (χ0) is 33.8. The molecule has 0 aliphatic carbocycles. The number of hydrogen-bond acceptors (Lipinski definition) is 12. The number of nitrogens with zero attached hydrogens (tertiary/aromatic N) is 4. The zero-order valence-electron chi connectivity index (χ0n) is 25.3. The summed E-state index contributed by atoms with van der Waals surface area (Å²) in [5.41, 5.74) is 15.4. The van der Waals surface area contributed by atoms with E-state index in [9.17, 15) is 27.9 Å². The number of carbonyl (C=O) groups excluding carboxylic acids is 2. The maximum atomic E-state index is 13.3. The third kappa shape index (κ3) is 8.23. The van der Waals surface area contributed by atoms with Crippen molar-refractivity contribution in [1.82, 2.24) is 25.5 Å². The number of carboxylic acid groups (broad SMARTS) is 1. The number of aromatic nitrogens is 3. The summed E-state index contributed by atoms with van der Waals surface area (Å²) in [5, 5.41) is 14.3. The van der Waals surface area contributed by atoms with Gasteiger partial charge in [-0.05, 0) is 50.8 Å². The topological polar surface area (TPSA) is 245 Å². The molecule has 3 atom stereocenters. The molecule has 8 N–H and O–H groups in total. The van der Waals surface area contributed by atoms with Crippen LogP contribution in [-0.2, 0) is 53.9 Å². The molecule has 0 bridgehead atoms. The van der Waals surface area contributed by atoms with Gasteiger partial charge in [0.05, 0.1) is 29.5 Å². The van der Waals surface area contributed by atoms with Gasteiger partial charge in [0.2, 0.25) is 12.1 Å². The molecule has 1 fully saturated rings. The largest absolute Gasteiger partial charge is 0.479 e. The molecular formula is C27H37N8O9S2+. The molecule has 0 radical (unpaired) electrons. The number of β-lactam (4-membered cyclic amide) rings is 1. The van der Waals surface area contributed by atoms with E-state index in [-0.39, 0.29) is 17.2 Å². The van der Waals surface area contributed by atoms with Crippen LogP contribution in [0.2, 0.25) is 0 Å². The summed E-state index contributed by atoms with van der Waals surface area (Å²) >= 11 is 1.03. The van der Waals surface area contributed by atoms with Crippen LogP contribution in [0.5, 0.6) is 0 Å². The van der Waals surface area contributed by atoms with E-state index >= 15 is 0 Å². The second kappa shape index (κ2) is 14.2. The third-order valence-electron chi connectivity index (χ3n) is 7.43. The average Bonchev–Trinajstić information content (AvgIpc) is 3.59. The number of anilines is 1. The second-order valence-electron chi connectivity index (χ2n) is 11.2. The van der Waals surface area contributed by atoms with E-state index in [2.05, 4.69) is 24.7 Å². The molecule has 4 rings (SSSR count). The number of nitrogens with two attached hydrogens (primary N) is 2. The van der Waals surface area contributed by atoms with Gasteiger partial charge < -0.3 is 21.9 Å². The molecule has 2 amide bonds. The first-order valence-corrected chi connectivity index (χ1v) is 16.4. The van der Waals surface area contributed by atoms with Crippen LogP contribution in [0, 0.1) is 0 Å². The number of amides is 2. The highest BCUT2D eigenvalue weighted by atomic mass is 32.3. The zero-order valence-corrected chi connectivity index (χ0v) is 27.0. The molecule has 46 heavy (non-hydrogen) atoms. The van der Waals surface area contributed by atoms with Crippen LogP contribution in [0.15, 0.2) is 42.0 Å². The number of benzene rings is 1. The number of carbonyl (C=O) groups is 3. The van der Waals surface area contributed by atoms with Crippen molar-refractivity contribution in [1.29, 1.82) is 0 Å². The van der Waals surface area contributed by atoms with Crippen molar-refractivity contribution in [2.45, 2.75) is 63.4 Å². The standard InChI is InChI=1S/C27H36N8O9S2/c1-27(2)22(24(37)35(27)44-46(40,41)42)31-23(36)21(19-15-45-26(29)30-19)32-43-20(25(38)39)10-7-16-5-8-17(9-6-16)18-13-33(3)34(14-18)12-4-11-28/h5-6,8-9,13-15,20-22,32H,4,7,10-12,28H2,1-3H3,(H4-,29,30,31,36,38,39,40,41,42)/p+1/t20?,21?,22-/m1/s1. The third-order valence-corrected chi connectivity index (χ3v) is 8.46. The van der Waals surface area contributed by atoms with Crippen molar-refractivity contribution < 1.29 is 46.3 Å². The van der Waals surface area contributed by atoms with Gasteiger partial charge >= 0.3 is 16.4 Å². The van der Waals surface area contributed by atoms with Gasteiger partial charge in [-0.1, -0.05) is 24.3 Å². The Morgan fingerprint density at radius 1 is 1.24 bits per heavy atom. The Morgan fingerprint density at radius 2 is 1.93 bits per heavy atom. The Bertz CT molecular complexity index is 1670. The maximum Gasteiger partial charge on any atom is 0.418 e. The van der Waals surface area contributed by atoms with E-state index in [4.69, 9.17) is 20.9 Å². The maximum absolute atomic E-state index is 13.3. The summed E-state index contributed by atoms with van der Waals surface area (Å²) in [7, 11) is -3.04. The van der Waals surface area contributed by atoms with Crippen molar-refractivity contribution in [3.05, 3.63) is 53.3 Å². The van der Waals surface area contributed by atoms with Crippen LogP contribution < -0.4 is 26.9 Å². The number of nitrogens with one attached hydrogen (secondary N) is 2. The Hall–Kier alpha value is -3.98. The van der Waals surface area contributed by atoms with Crippen LogP contribution >= 0.6 is 11.3 Å². The minimum absolute atomic E-state index is 0.0513. The van der Waals surface area contributed by atoms with Crippen molar-refractivity contribution in [2.75, 3.05) is 12.3 Å². The quantitative estimate of drug-likeness (QED) is 0.0499. The number of aliphatic carboxylic acids is 1. The Morgan fingerprint density at radius 3 is 2.50 bits per heavy atom. The minimum atomic E-state index is -4.99. The Kier molecular flexibility index (Phi) is 10.8. The molecule has 2 unspecified atom stereocenters. The van der Waals surface area contributed by atoms with E-state index in [0.29, 0.717) is 18.0 Å². The molecule has 1 aliphatic rings. The summed E-state index contributed by atoms with van der Waals surface area (Å²) in [4.78, 5) is 47.4. The molecule has 1 aliphatic heterocycles. The highest BCUT2D eigenvalue weighted by Gasteiger charge is 2.58. The van der Waals surface area contributed by atoms with Gasteiger partial charge in [0, 0.05) is 5.38 Å². The van der Waals surface area contributed by atoms with Gasteiger partial charge in [-0.3, -0.25) is 19.0 Å². The van der Waals surface area contributed by atoms with Crippen LogP contribution in [0.25, 0.3) is 11.1 Å². The molecular weight excluding hydrogens is 644 g/mol. The molecule has 1 aromatic carbocycles. The van der Waals surface area contributed by atoms with Gasteiger partial charge in [0.25, 0.3) is 5.91 Å². The van der Waals surface area contributed by atoms with Gasteiger partial charge in [-0.2, -0.15) is 23.6 Å². The van der Waals surface area contributed by atoms with E-state index in [1.165, 1.54) is 19.2 Å². The molecule has 3 aromatic rings. The van der Waals surface area contributed by atoms with Crippen molar-refractivity contribution in [3.63, 3.8) is 0 Å². The van der Waals surface area contributed by atoms with Gasteiger partial charge in [0.15, 0.2) is 24.3 Å². The molecule has 2 aromatic heterocycles. The lowest BCUT2D eigenvalue weighted by Gasteiger charge is -2.50. The normalized spacial score (nSPS) is 17.4. The first-order valence-electron chi connectivity index (χ1n) is 14.1. The molecule has 0 spiro atoms. The van der Waals surface area contributed by atoms with Gasteiger partial charge in [-0.25, -0.2) is 9.78 Å².